The number of rotatable bonds is 3. The molecule has 3 heterocycles. The number of aryl methyl sites for hydroxylation is 1. The van der Waals surface area contributed by atoms with E-state index >= 15 is 0 Å². The van der Waals surface area contributed by atoms with E-state index in [9.17, 15) is 4.79 Å². The van der Waals surface area contributed by atoms with E-state index in [1.54, 1.807) is 6.92 Å². The maximum Gasteiger partial charge on any atom is 0.225 e. The van der Waals surface area contributed by atoms with E-state index in [4.69, 9.17) is 9.40 Å². The minimum absolute atomic E-state index is 0.0575. The van der Waals surface area contributed by atoms with Crippen molar-refractivity contribution < 1.29 is 9.21 Å². The molecule has 0 unspecified atom stereocenters. The highest BCUT2D eigenvalue weighted by Gasteiger charge is 2.31. The van der Waals surface area contributed by atoms with E-state index in [-0.39, 0.29) is 11.9 Å². The van der Waals surface area contributed by atoms with Crippen molar-refractivity contribution >= 4 is 17.4 Å². The number of furan rings is 1. The van der Waals surface area contributed by atoms with Crippen LogP contribution < -0.4 is 4.90 Å². The van der Waals surface area contributed by atoms with Crippen LogP contribution in [0.4, 0.5) is 5.82 Å². The number of imidazole rings is 1. The molecule has 3 aromatic heterocycles. The summed E-state index contributed by atoms with van der Waals surface area (Å²) >= 11 is 0. The third kappa shape index (κ3) is 2.84. The van der Waals surface area contributed by atoms with Crippen LogP contribution in [0.5, 0.6) is 0 Å². The van der Waals surface area contributed by atoms with Gasteiger partial charge >= 0.3 is 0 Å². The molecule has 5 heteroatoms. The Morgan fingerprint density at radius 3 is 2.68 bits per heavy atom. The molecule has 1 saturated carbocycles. The molecule has 0 aliphatic heterocycles. The normalized spacial score (nSPS) is 15.6. The first-order valence-corrected chi connectivity index (χ1v) is 8.99. The standard InChI is InChI=1S/C20H23N3O2/c1-14-11-12-17(25-14)19-20(22-13-7-6-10-18(22)21-19)23(15(2)24)16-8-4-3-5-9-16/h6-7,10-13,16H,3-5,8-9H2,1-2H3. The summed E-state index contributed by atoms with van der Waals surface area (Å²) in [5.74, 6) is 2.43. The fourth-order valence-corrected chi connectivity index (χ4v) is 3.86. The summed E-state index contributed by atoms with van der Waals surface area (Å²) in [4.78, 5) is 19.3. The predicted octanol–water partition coefficient (Wildman–Crippen LogP) is 4.59. The van der Waals surface area contributed by atoms with Gasteiger partial charge in [-0.25, -0.2) is 4.98 Å². The molecule has 1 amide bonds. The van der Waals surface area contributed by atoms with Gasteiger partial charge in [-0.2, -0.15) is 0 Å². The van der Waals surface area contributed by atoms with Crippen molar-refractivity contribution in [1.29, 1.82) is 0 Å². The number of carbonyl (C=O) groups excluding carboxylic acids is 1. The number of carbonyl (C=O) groups is 1. The molecule has 0 radical (unpaired) electrons. The van der Waals surface area contributed by atoms with Crippen LogP contribution in [0.15, 0.2) is 40.9 Å². The van der Waals surface area contributed by atoms with Crippen LogP contribution in [0.3, 0.4) is 0 Å². The third-order valence-electron chi connectivity index (χ3n) is 4.99. The number of amides is 1. The quantitative estimate of drug-likeness (QED) is 0.702. The molecule has 0 saturated heterocycles. The van der Waals surface area contributed by atoms with Gasteiger partial charge in [-0.1, -0.05) is 25.3 Å². The zero-order chi connectivity index (χ0) is 17.4. The summed E-state index contributed by atoms with van der Waals surface area (Å²) in [6, 6.07) is 9.97. The van der Waals surface area contributed by atoms with Crippen molar-refractivity contribution in [2.24, 2.45) is 0 Å². The lowest BCUT2D eigenvalue weighted by Crippen LogP contribution is -2.41. The molecular weight excluding hydrogens is 314 g/mol. The summed E-state index contributed by atoms with van der Waals surface area (Å²) in [5.41, 5.74) is 1.56. The first-order valence-electron chi connectivity index (χ1n) is 8.99. The van der Waals surface area contributed by atoms with Gasteiger partial charge in [0.2, 0.25) is 5.91 Å². The Labute approximate surface area is 147 Å². The van der Waals surface area contributed by atoms with Crippen molar-refractivity contribution in [2.45, 2.75) is 52.0 Å². The molecule has 1 aliphatic carbocycles. The van der Waals surface area contributed by atoms with Gasteiger partial charge in [0, 0.05) is 19.2 Å². The number of nitrogens with zero attached hydrogens (tertiary/aromatic N) is 3. The molecule has 5 nitrogen and oxygen atoms in total. The smallest absolute Gasteiger partial charge is 0.225 e. The minimum Gasteiger partial charge on any atom is -0.460 e. The van der Waals surface area contributed by atoms with Gasteiger partial charge in [0.25, 0.3) is 0 Å². The van der Waals surface area contributed by atoms with Gasteiger partial charge in [0.15, 0.2) is 11.6 Å². The molecular formula is C20H23N3O2. The number of hydrogen-bond donors (Lipinski definition) is 0. The van der Waals surface area contributed by atoms with E-state index in [0.29, 0.717) is 5.76 Å². The summed E-state index contributed by atoms with van der Waals surface area (Å²) in [6.07, 6.45) is 7.63. The Kier molecular flexibility index (Phi) is 4.07. The van der Waals surface area contributed by atoms with Gasteiger partial charge in [0.05, 0.1) is 0 Å². The molecule has 130 valence electrons. The summed E-state index contributed by atoms with van der Waals surface area (Å²) in [5, 5.41) is 0. The zero-order valence-electron chi connectivity index (χ0n) is 14.7. The lowest BCUT2D eigenvalue weighted by Gasteiger charge is -2.33. The van der Waals surface area contributed by atoms with Crippen molar-refractivity contribution in [3.8, 4) is 11.5 Å². The fourth-order valence-electron chi connectivity index (χ4n) is 3.86. The molecule has 0 aromatic carbocycles. The highest BCUT2D eigenvalue weighted by Crippen LogP contribution is 2.36. The maximum atomic E-state index is 12.6. The Bertz CT molecular complexity index is 903. The van der Waals surface area contributed by atoms with E-state index in [0.717, 1.165) is 35.8 Å². The van der Waals surface area contributed by atoms with Gasteiger partial charge in [-0.3, -0.25) is 14.1 Å². The second kappa shape index (κ2) is 6.39. The van der Waals surface area contributed by atoms with Crippen molar-refractivity contribution in [1.82, 2.24) is 9.38 Å². The van der Waals surface area contributed by atoms with Gasteiger partial charge in [0.1, 0.15) is 17.1 Å². The van der Waals surface area contributed by atoms with Crippen LogP contribution >= 0.6 is 0 Å². The third-order valence-corrected chi connectivity index (χ3v) is 4.99. The molecule has 0 spiro atoms. The van der Waals surface area contributed by atoms with Crippen LogP contribution in [-0.4, -0.2) is 21.3 Å². The number of pyridine rings is 1. The molecule has 1 fully saturated rings. The second-order valence-corrected chi connectivity index (χ2v) is 6.80. The van der Waals surface area contributed by atoms with Crippen LogP contribution in [0.2, 0.25) is 0 Å². The lowest BCUT2D eigenvalue weighted by atomic mass is 9.94. The number of anilines is 1. The number of aromatic nitrogens is 2. The van der Waals surface area contributed by atoms with Gasteiger partial charge in [-0.05, 0) is 44.0 Å². The Hall–Kier alpha value is -2.56. The maximum absolute atomic E-state index is 12.6. The Morgan fingerprint density at radius 1 is 1.20 bits per heavy atom. The zero-order valence-corrected chi connectivity index (χ0v) is 14.7. The first-order chi connectivity index (χ1) is 12.1. The summed E-state index contributed by atoms with van der Waals surface area (Å²) in [6.45, 7) is 3.57. The van der Waals surface area contributed by atoms with Crippen molar-refractivity contribution in [3.05, 3.63) is 42.3 Å². The molecule has 0 atom stereocenters. The second-order valence-electron chi connectivity index (χ2n) is 6.80. The molecule has 0 N–H and O–H groups in total. The predicted molar refractivity (Wildman–Crippen MR) is 97.7 cm³/mol. The molecule has 25 heavy (non-hydrogen) atoms. The van der Waals surface area contributed by atoms with E-state index in [1.165, 1.54) is 19.3 Å². The fraction of sp³-hybridized carbons (Fsp3) is 0.400. The highest BCUT2D eigenvalue weighted by atomic mass is 16.3. The van der Waals surface area contributed by atoms with Crippen molar-refractivity contribution in [3.63, 3.8) is 0 Å². The molecule has 0 bridgehead atoms. The number of hydrogen-bond acceptors (Lipinski definition) is 3. The molecule has 4 rings (SSSR count). The van der Waals surface area contributed by atoms with Crippen LogP contribution in [-0.2, 0) is 4.79 Å². The monoisotopic (exact) mass is 337 g/mol. The van der Waals surface area contributed by atoms with Crippen molar-refractivity contribution in [2.75, 3.05) is 4.90 Å². The van der Waals surface area contributed by atoms with E-state index < -0.39 is 0 Å². The van der Waals surface area contributed by atoms with Gasteiger partial charge in [-0.15, -0.1) is 0 Å². The average molecular weight is 337 g/mol. The summed E-state index contributed by atoms with van der Waals surface area (Å²) < 4.78 is 7.85. The SMILES string of the molecule is CC(=O)N(c1c(-c2ccc(C)o2)nc2ccccn12)C1CCCCC1. The van der Waals surface area contributed by atoms with Crippen LogP contribution in [0.1, 0.15) is 44.8 Å². The molecule has 1 aliphatic rings. The average Bonchev–Trinajstić information content (AvgIpc) is 3.20. The van der Waals surface area contributed by atoms with Crippen LogP contribution in [0.25, 0.3) is 17.1 Å². The van der Waals surface area contributed by atoms with E-state index in [2.05, 4.69) is 0 Å². The Morgan fingerprint density at radius 2 is 2.00 bits per heavy atom. The topological polar surface area (TPSA) is 50.8 Å². The van der Waals surface area contributed by atoms with E-state index in [1.807, 2.05) is 52.8 Å². The summed E-state index contributed by atoms with van der Waals surface area (Å²) in [7, 11) is 0. The first kappa shape index (κ1) is 15.9. The molecule has 3 aromatic rings. The largest absolute Gasteiger partial charge is 0.460 e. The van der Waals surface area contributed by atoms with Gasteiger partial charge < -0.3 is 4.42 Å². The Balaban J connectivity index is 1.92. The highest BCUT2D eigenvalue weighted by molar-refractivity contribution is 5.95. The number of fused-ring (bicyclic) bond motifs is 1. The minimum atomic E-state index is 0.0575. The lowest BCUT2D eigenvalue weighted by molar-refractivity contribution is -0.117. The van der Waals surface area contributed by atoms with Crippen LogP contribution in [0, 0.1) is 6.92 Å².